The molecule has 0 radical (unpaired) electrons. The molecule has 4 nitrogen and oxygen atoms in total. The maximum Gasteiger partial charge on any atom is 0.226 e. The molecule has 3 rings (SSSR count). The van der Waals surface area contributed by atoms with Crippen LogP contribution in [0, 0.1) is 11.7 Å². The Balaban J connectivity index is 1.75. The lowest BCUT2D eigenvalue weighted by molar-refractivity contribution is -0.121. The fourth-order valence-electron chi connectivity index (χ4n) is 2.75. The van der Waals surface area contributed by atoms with Crippen LogP contribution in [0.25, 0.3) is 11.0 Å². The van der Waals surface area contributed by atoms with E-state index in [2.05, 4.69) is 10.5 Å². The van der Waals surface area contributed by atoms with Crippen molar-refractivity contribution in [2.24, 2.45) is 5.92 Å². The van der Waals surface area contributed by atoms with Gasteiger partial charge in [-0.25, -0.2) is 4.39 Å². The molecular formula is C19H19FN2O2. The van der Waals surface area contributed by atoms with E-state index in [1.165, 1.54) is 12.1 Å². The summed E-state index contributed by atoms with van der Waals surface area (Å²) in [5.41, 5.74) is 2.16. The maximum atomic E-state index is 13.1. The van der Waals surface area contributed by atoms with Gasteiger partial charge in [0.05, 0.1) is 12.5 Å². The third-order valence-corrected chi connectivity index (χ3v) is 3.99. The van der Waals surface area contributed by atoms with E-state index in [9.17, 15) is 9.18 Å². The minimum Gasteiger partial charge on any atom is -0.356 e. The Morgan fingerprint density at radius 2 is 1.88 bits per heavy atom. The lowest BCUT2D eigenvalue weighted by Crippen LogP contribution is -2.33. The number of benzene rings is 2. The van der Waals surface area contributed by atoms with Crippen molar-refractivity contribution in [3.8, 4) is 0 Å². The van der Waals surface area contributed by atoms with Crippen molar-refractivity contribution in [3.63, 3.8) is 0 Å². The van der Waals surface area contributed by atoms with Gasteiger partial charge >= 0.3 is 0 Å². The summed E-state index contributed by atoms with van der Waals surface area (Å²) in [4.78, 5) is 12.4. The van der Waals surface area contributed by atoms with Gasteiger partial charge in [-0.3, -0.25) is 4.79 Å². The van der Waals surface area contributed by atoms with Crippen LogP contribution in [0.2, 0.25) is 0 Å². The number of para-hydroxylation sites is 1. The second-order valence-corrected chi connectivity index (χ2v) is 6.14. The average Bonchev–Trinajstić information content (AvgIpc) is 2.96. The van der Waals surface area contributed by atoms with Crippen molar-refractivity contribution in [2.75, 3.05) is 0 Å². The van der Waals surface area contributed by atoms with E-state index >= 15 is 0 Å². The molecule has 0 bridgehead atoms. The highest BCUT2D eigenvalue weighted by Crippen LogP contribution is 2.23. The summed E-state index contributed by atoms with van der Waals surface area (Å²) in [6, 6.07) is 13.5. The van der Waals surface area contributed by atoms with Crippen molar-refractivity contribution >= 4 is 16.9 Å². The first-order valence-electron chi connectivity index (χ1n) is 7.92. The van der Waals surface area contributed by atoms with Gasteiger partial charge < -0.3 is 9.84 Å². The van der Waals surface area contributed by atoms with Crippen molar-refractivity contribution in [3.05, 3.63) is 65.6 Å². The standard InChI is InChI=1S/C19H19FN2O2/c1-12(2)19(13-7-9-14(20)10-8-13)21-18(23)11-16-15-5-3-4-6-17(15)24-22-16/h3-10,12,19H,11H2,1-2H3,(H,21,23). The number of aromatic nitrogens is 1. The van der Waals surface area contributed by atoms with E-state index in [1.807, 2.05) is 38.1 Å². The van der Waals surface area contributed by atoms with Crippen LogP contribution in [0.3, 0.4) is 0 Å². The molecule has 24 heavy (non-hydrogen) atoms. The van der Waals surface area contributed by atoms with Crippen molar-refractivity contribution in [1.82, 2.24) is 10.5 Å². The summed E-state index contributed by atoms with van der Waals surface area (Å²) in [6.07, 6.45) is 0.140. The normalized spacial score (nSPS) is 12.5. The van der Waals surface area contributed by atoms with Crippen LogP contribution in [0.4, 0.5) is 4.39 Å². The lowest BCUT2D eigenvalue weighted by Gasteiger charge is -2.22. The summed E-state index contributed by atoms with van der Waals surface area (Å²) in [7, 11) is 0. The molecule has 0 aliphatic carbocycles. The number of halogens is 1. The van der Waals surface area contributed by atoms with Crippen LogP contribution in [0.15, 0.2) is 53.1 Å². The van der Waals surface area contributed by atoms with Gasteiger partial charge in [-0.15, -0.1) is 0 Å². The van der Waals surface area contributed by atoms with Crippen LogP contribution in [-0.2, 0) is 11.2 Å². The Morgan fingerprint density at radius 3 is 2.58 bits per heavy atom. The molecule has 0 fully saturated rings. The number of nitrogens with zero attached hydrogens (tertiary/aromatic N) is 1. The van der Waals surface area contributed by atoms with Gasteiger partial charge in [0.25, 0.3) is 0 Å². The molecule has 124 valence electrons. The molecule has 0 spiro atoms. The summed E-state index contributed by atoms with van der Waals surface area (Å²) in [5.74, 6) is -0.257. The van der Waals surface area contributed by atoms with Gasteiger partial charge in [0.2, 0.25) is 5.91 Å². The van der Waals surface area contributed by atoms with E-state index in [4.69, 9.17) is 4.52 Å². The molecule has 0 aliphatic heterocycles. The Bertz CT molecular complexity index is 840. The van der Waals surface area contributed by atoms with Gasteiger partial charge in [-0.2, -0.15) is 0 Å². The molecule has 0 saturated carbocycles. The number of hydrogen-bond donors (Lipinski definition) is 1. The molecule has 0 saturated heterocycles. The fraction of sp³-hybridized carbons (Fsp3) is 0.263. The number of carbonyl (C=O) groups is 1. The molecule has 3 aromatic rings. The number of rotatable bonds is 5. The number of carbonyl (C=O) groups excluding carboxylic acids is 1. The third kappa shape index (κ3) is 3.45. The molecule has 2 aromatic carbocycles. The van der Waals surface area contributed by atoms with Gasteiger partial charge in [-0.05, 0) is 35.7 Å². The summed E-state index contributed by atoms with van der Waals surface area (Å²) in [5, 5.41) is 7.84. The van der Waals surface area contributed by atoms with Crippen LogP contribution >= 0.6 is 0 Å². The third-order valence-electron chi connectivity index (χ3n) is 3.99. The number of nitrogens with one attached hydrogen (secondary N) is 1. The topological polar surface area (TPSA) is 55.1 Å². The Morgan fingerprint density at radius 1 is 1.17 bits per heavy atom. The highest BCUT2D eigenvalue weighted by Gasteiger charge is 2.20. The van der Waals surface area contributed by atoms with Gasteiger partial charge in [0.15, 0.2) is 5.58 Å². The zero-order chi connectivity index (χ0) is 17.1. The minimum atomic E-state index is -0.290. The molecule has 1 heterocycles. The van der Waals surface area contributed by atoms with Crippen LogP contribution in [0.1, 0.15) is 31.1 Å². The smallest absolute Gasteiger partial charge is 0.226 e. The first-order valence-corrected chi connectivity index (χ1v) is 7.92. The predicted molar refractivity (Wildman–Crippen MR) is 89.8 cm³/mol. The summed E-state index contributed by atoms with van der Waals surface area (Å²) >= 11 is 0. The predicted octanol–water partition coefficient (Wildman–Crippen LogP) is 4.02. The van der Waals surface area contributed by atoms with E-state index in [0.717, 1.165) is 10.9 Å². The summed E-state index contributed by atoms with van der Waals surface area (Å²) < 4.78 is 18.3. The highest BCUT2D eigenvalue weighted by molar-refractivity contribution is 5.86. The molecule has 1 unspecified atom stereocenters. The van der Waals surface area contributed by atoms with Crippen LogP contribution < -0.4 is 5.32 Å². The minimum absolute atomic E-state index is 0.140. The maximum absolute atomic E-state index is 13.1. The SMILES string of the molecule is CC(C)C(NC(=O)Cc1noc2ccccc12)c1ccc(F)cc1. The van der Waals surface area contributed by atoms with Crippen molar-refractivity contribution in [1.29, 1.82) is 0 Å². The number of fused-ring (bicyclic) bond motifs is 1. The second-order valence-electron chi connectivity index (χ2n) is 6.14. The van der Waals surface area contributed by atoms with Crippen molar-refractivity contribution in [2.45, 2.75) is 26.3 Å². The average molecular weight is 326 g/mol. The Labute approximate surface area is 139 Å². The van der Waals surface area contributed by atoms with Gasteiger partial charge in [0.1, 0.15) is 11.5 Å². The molecule has 1 N–H and O–H groups in total. The molecule has 5 heteroatoms. The molecule has 1 amide bonds. The van der Waals surface area contributed by atoms with E-state index in [0.29, 0.717) is 11.3 Å². The molecule has 1 atom stereocenters. The second kappa shape index (κ2) is 6.83. The van der Waals surface area contributed by atoms with Crippen LogP contribution in [-0.4, -0.2) is 11.1 Å². The zero-order valence-electron chi connectivity index (χ0n) is 13.6. The van der Waals surface area contributed by atoms with Crippen molar-refractivity contribution < 1.29 is 13.7 Å². The molecule has 0 aliphatic rings. The quantitative estimate of drug-likeness (QED) is 0.770. The lowest BCUT2D eigenvalue weighted by atomic mass is 9.95. The van der Waals surface area contributed by atoms with Crippen LogP contribution in [0.5, 0.6) is 0 Å². The van der Waals surface area contributed by atoms with Gasteiger partial charge in [-0.1, -0.05) is 43.3 Å². The monoisotopic (exact) mass is 326 g/mol. The number of hydrogen-bond acceptors (Lipinski definition) is 3. The van der Waals surface area contributed by atoms with E-state index in [1.54, 1.807) is 12.1 Å². The highest BCUT2D eigenvalue weighted by atomic mass is 19.1. The molecular weight excluding hydrogens is 307 g/mol. The number of amides is 1. The van der Waals surface area contributed by atoms with E-state index < -0.39 is 0 Å². The summed E-state index contributed by atoms with van der Waals surface area (Å²) in [6.45, 7) is 4.03. The first kappa shape index (κ1) is 16.2. The van der Waals surface area contributed by atoms with Gasteiger partial charge in [0, 0.05) is 5.39 Å². The zero-order valence-corrected chi connectivity index (χ0v) is 13.6. The first-order chi connectivity index (χ1) is 11.5. The Kier molecular flexibility index (Phi) is 4.60. The fourth-order valence-corrected chi connectivity index (χ4v) is 2.75. The Hall–Kier alpha value is -2.69. The molecule has 1 aromatic heterocycles. The van der Waals surface area contributed by atoms with E-state index in [-0.39, 0.29) is 30.1 Å². The largest absolute Gasteiger partial charge is 0.356 e.